The van der Waals surface area contributed by atoms with Crippen LogP contribution in [0.15, 0.2) is 24.3 Å². The molecule has 1 rings (SSSR count). The van der Waals surface area contributed by atoms with Crippen LogP contribution in [-0.4, -0.2) is 9.55 Å². The van der Waals surface area contributed by atoms with Crippen LogP contribution in [0.4, 0.5) is 0 Å². The minimum Gasteiger partial charge on any atom is -0.312 e. The molecule has 3 heteroatoms. The van der Waals surface area contributed by atoms with Crippen molar-refractivity contribution in [3.8, 4) is 6.07 Å². The van der Waals surface area contributed by atoms with Gasteiger partial charge in [0.25, 0.3) is 0 Å². The van der Waals surface area contributed by atoms with E-state index in [1.807, 2.05) is 6.07 Å². The van der Waals surface area contributed by atoms with Gasteiger partial charge in [-0.25, -0.2) is 4.98 Å². The zero-order valence-corrected chi connectivity index (χ0v) is 5.65. The van der Waals surface area contributed by atoms with Crippen molar-refractivity contribution in [1.29, 1.82) is 5.26 Å². The Balaban J connectivity index is 2.83. The first-order valence-corrected chi connectivity index (χ1v) is 2.89. The first-order valence-electron chi connectivity index (χ1n) is 2.89. The van der Waals surface area contributed by atoms with E-state index >= 15 is 0 Å². The third-order valence-electron chi connectivity index (χ3n) is 1.04. The standard InChI is InChI=1S/C7H7N3/c1-7(4-8)5-10-3-2-9-6-10/h2-3,5-6H,1H3/b7-5+. The summed E-state index contributed by atoms with van der Waals surface area (Å²) in [6.45, 7) is 1.75. The average molecular weight is 133 g/mol. The van der Waals surface area contributed by atoms with E-state index in [-0.39, 0.29) is 0 Å². The summed E-state index contributed by atoms with van der Waals surface area (Å²) in [4.78, 5) is 3.82. The van der Waals surface area contributed by atoms with Gasteiger partial charge in [-0.05, 0) is 6.92 Å². The zero-order chi connectivity index (χ0) is 7.40. The van der Waals surface area contributed by atoms with Gasteiger partial charge in [0.15, 0.2) is 0 Å². The molecule has 0 aromatic carbocycles. The lowest BCUT2D eigenvalue weighted by Gasteiger charge is -1.88. The van der Waals surface area contributed by atoms with E-state index in [4.69, 9.17) is 5.26 Å². The summed E-state index contributed by atoms with van der Waals surface area (Å²) in [5.41, 5.74) is 0.665. The van der Waals surface area contributed by atoms with Crippen molar-refractivity contribution in [2.45, 2.75) is 6.92 Å². The van der Waals surface area contributed by atoms with E-state index in [1.54, 1.807) is 36.4 Å². The molecule has 0 bridgehead atoms. The van der Waals surface area contributed by atoms with E-state index in [1.165, 1.54) is 0 Å². The highest BCUT2D eigenvalue weighted by atomic mass is 15.0. The van der Waals surface area contributed by atoms with Crippen LogP contribution in [0.1, 0.15) is 6.92 Å². The number of nitriles is 1. The van der Waals surface area contributed by atoms with Gasteiger partial charge in [0.2, 0.25) is 0 Å². The molecule has 1 aromatic rings. The lowest BCUT2D eigenvalue weighted by molar-refractivity contribution is 1.13. The van der Waals surface area contributed by atoms with Gasteiger partial charge >= 0.3 is 0 Å². The Morgan fingerprint density at radius 3 is 3.10 bits per heavy atom. The lowest BCUT2D eigenvalue weighted by atomic mass is 10.4. The molecule has 50 valence electrons. The number of allylic oxidation sites excluding steroid dienone is 1. The molecular weight excluding hydrogens is 126 g/mol. The highest BCUT2D eigenvalue weighted by Crippen LogP contribution is 1.93. The van der Waals surface area contributed by atoms with Crippen LogP contribution in [0.2, 0.25) is 0 Å². The monoisotopic (exact) mass is 133 g/mol. The second-order valence-electron chi connectivity index (χ2n) is 1.93. The van der Waals surface area contributed by atoms with Gasteiger partial charge in [0.1, 0.15) is 0 Å². The first-order chi connectivity index (χ1) is 4.83. The minimum atomic E-state index is 0.665. The predicted octanol–water partition coefficient (Wildman–Crippen LogP) is 1.27. The summed E-state index contributed by atoms with van der Waals surface area (Å²) in [5.74, 6) is 0. The summed E-state index contributed by atoms with van der Waals surface area (Å²) >= 11 is 0. The number of imidazole rings is 1. The Bertz CT molecular complexity index is 264. The summed E-state index contributed by atoms with van der Waals surface area (Å²) in [6, 6.07) is 2.02. The zero-order valence-electron chi connectivity index (χ0n) is 5.65. The second kappa shape index (κ2) is 2.83. The molecule has 1 aromatic heterocycles. The quantitative estimate of drug-likeness (QED) is 0.541. The molecular formula is C7H7N3. The summed E-state index contributed by atoms with van der Waals surface area (Å²) < 4.78 is 1.73. The topological polar surface area (TPSA) is 41.6 Å². The van der Waals surface area contributed by atoms with Crippen molar-refractivity contribution in [3.63, 3.8) is 0 Å². The van der Waals surface area contributed by atoms with Gasteiger partial charge in [-0.2, -0.15) is 5.26 Å². The first kappa shape index (κ1) is 6.56. The smallest absolute Gasteiger partial charge is 0.0987 e. The van der Waals surface area contributed by atoms with Crippen LogP contribution >= 0.6 is 0 Å². The van der Waals surface area contributed by atoms with E-state index in [2.05, 4.69) is 4.98 Å². The van der Waals surface area contributed by atoms with E-state index in [0.29, 0.717) is 5.57 Å². The van der Waals surface area contributed by atoms with Crippen molar-refractivity contribution < 1.29 is 0 Å². The number of nitrogens with zero attached hydrogens (tertiary/aromatic N) is 3. The molecule has 0 unspecified atom stereocenters. The Kier molecular flexibility index (Phi) is 1.86. The van der Waals surface area contributed by atoms with Gasteiger partial charge in [-0.1, -0.05) is 0 Å². The molecule has 0 saturated heterocycles. The fourth-order valence-electron chi connectivity index (χ4n) is 0.598. The van der Waals surface area contributed by atoms with E-state index < -0.39 is 0 Å². The van der Waals surface area contributed by atoms with Crippen molar-refractivity contribution in [1.82, 2.24) is 9.55 Å². The molecule has 10 heavy (non-hydrogen) atoms. The molecule has 0 fully saturated rings. The number of rotatable bonds is 1. The van der Waals surface area contributed by atoms with Crippen LogP contribution < -0.4 is 0 Å². The molecule has 0 aliphatic heterocycles. The normalized spacial score (nSPS) is 11.0. The molecule has 0 spiro atoms. The van der Waals surface area contributed by atoms with E-state index in [0.717, 1.165) is 0 Å². The third kappa shape index (κ3) is 1.46. The third-order valence-corrected chi connectivity index (χ3v) is 1.04. The second-order valence-corrected chi connectivity index (χ2v) is 1.93. The van der Waals surface area contributed by atoms with Gasteiger partial charge in [-0.3, -0.25) is 0 Å². The molecule has 0 amide bonds. The molecule has 0 N–H and O–H groups in total. The molecule has 0 aliphatic carbocycles. The van der Waals surface area contributed by atoms with Crippen LogP contribution in [0.5, 0.6) is 0 Å². The maximum atomic E-state index is 8.38. The van der Waals surface area contributed by atoms with Crippen LogP contribution in [0.3, 0.4) is 0 Å². The van der Waals surface area contributed by atoms with Crippen LogP contribution in [-0.2, 0) is 0 Å². The SMILES string of the molecule is C/C(C#N)=C\n1ccnc1. The summed E-state index contributed by atoms with van der Waals surface area (Å²) in [7, 11) is 0. The number of aromatic nitrogens is 2. The molecule has 1 heterocycles. The van der Waals surface area contributed by atoms with E-state index in [9.17, 15) is 0 Å². The molecule has 0 atom stereocenters. The van der Waals surface area contributed by atoms with Crippen molar-refractivity contribution in [2.75, 3.05) is 0 Å². The van der Waals surface area contributed by atoms with Gasteiger partial charge < -0.3 is 4.57 Å². The van der Waals surface area contributed by atoms with Gasteiger partial charge in [-0.15, -0.1) is 0 Å². The number of hydrogen-bond acceptors (Lipinski definition) is 2. The maximum absolute atomic E-state index is 8.38. The molecule has 0 aliphatic rings. The fourth-order valence-corrected chi connectivity index (χ4v) is 0.598. The van der Waals surface area contributed by atoms with Crippen molar-refractivity contribution in [2.24, 2.45) is 0 Å². The Morgan fingerprint density at radius 2 is 2.60 bits per heavy atom. The molecule has 0 saturated carbocycles. The molecule has 0 radical (unpaired) electrons. The average Bonchev–Trinajstić information content (AvgIpc) is 2.40. The highest BCUT2D eigenvalue weighted by Gasteiger charge is 1.84. The highest BCUT2D eigenvalue weighted by molar-refractivity contribution is 5.37. The van der Waals surface area contributed by atoms with Crippen LogP contribution in [0, 0.1) is 11.3 Å². The largest absolute Gasteiger partial charge is 0.312 e. The van der Waals surface area contributed by atoms with Crippen LogP contribution in [0.25, 0.3) is 6.20 Å². The van der Waals surface area contributed by atoms with Gasteiger partial charge in [0, 0.05) is 24.2 Å². The summed E-state index contributed by atoms with van der Waals surface area (Å²) in [6.07, 6.45) is 6.80. The Hall–Kier alpha value is -1.56. The lowest BCUT2D eigenvalue weighted by Crippen LogP contribution is -1.80. The maximum Gasteiger partial charge on any atom is 0.0987 e. The molecule has 3 nitrogen and oxygen atoms in total. The summed E-state index contributed by atoms with van der Waals surface area (Å²) in [5, 5.41) is 8.38. The predicted molar refractivity (Wildman–Crippen MR) is 37.8 cm³/mol. The van der Waals surface area contributed by atoms with Gasteiger partial charge in [0.05, 0.1) is 12.4 Å². The fraction of sp³-hybridized carbons (Fsp3) is 0.143. The Morgan fingerprint density at radius 1 is 1.80 bits per heavy atom. The Labute approximate surface area is 59.2 Å². The van der Waals surface area contributed by atoms with Crippen molar-refractivity contribution >= 4 is 6.20 Å². The van der Waals surface area contributed by atoms with Crippen molar-refractivity contribution in [3.05, 3.63) is 24.3 Å². The number of hydrogen-bond donors (Lipinski definition) is 0. The minimum absolute atomic E-state index is 0.665.